The van der Waals surface area contributed by atoms with Crippen molar-refractivity contribution < 1.29 is 38.6 Å². The van der Waals surface area contributed by atoms with Gasteiger partial charge in [-0.15, -0.1) is 0 Å². The topological polar surface area (TPSA) is 126 Å². The van der Waals surface area contributed by atoms with Crippen LogP contribution < -0.4 is 4.74 Å². The maximum Gasteiger partial charge on any atom is 0.469 e. The third-order valence-corrected chi connectivity index (χ3v) is 3.21. The van der Waals surface area contributed by atoms with E-state index in [1.807, 2.05) is 0 Å². The lowest BCUT2D eigenvalue weighted by molar-refractivity contribution is -0.115. The first-order valence-corrected chi connectivity index (χ1v) is 7.33. The van der Waals surface area contributed by atoms with Crippen LogP contribution in [0.5, 0.6) is 5.75 Å². The van der Waals surface area contributed by atoms with Gasteiger partial charge in [-0.3, -0.25) is 4.52 Å². The zero-order chi connectivity index (χ0) is 14.8. The van der Waals surface area contributed by atoms with Crippen LogP contribution >= 0.6 is 7.82 Å². The van der Waals surface area contributed by atoms with Gasteiger partial charge >= 0.3 is 7.82 Å². The molecule has 0 bridgehead atoms. The van der Waals surface area contributed by atoms with E-state index in [9.17, 15) is 14.8 Å². The third kappa shape index (κ3) is 4.00. The van der Waals surface area contributed by atoms with E-state index in [4.69, 9.17) is 19.3 Å². The van der Waals surface area contributed by atoms with Gasteiger partial charge in [-0.1, -0.05) is 18.2 Å². The standard InChI is InChI=1S/C11H15O8P/c12-9-8(6-17-20(14,15)16)19-11(10(9)13)18-7-4-2-1-3-5-7/h1-5,8-13H,6H2,(H2,14,15,16)/t8-,9-,10-,11+/m1/s1. The Labute approximate surface area is 114 Å². The molecule has 0 aromatic heterocycles. The van der Waals surface area contributed by atoms with E-state index in [-0.39, 0.29) is 0 Å². The van der Waals surface area contributed by atoms with Gasteiger partial charge in [-0.2, -0.15) is 0 Å². The van der Waals surface area contributed by atoms with Gasteiger partial charge in [0.25, 0.3) is 0 Å². The first-order valence-electron chi connectivity index (χ1n) is 5.80. The van der Waals surface area contributed by atoms with Crippen LogP contribution in [0.25, 0.3) is 0 Å². The molecule has 0 spiro atoms. The van der Waals surface area contributed by atoms with Crippen molar-refractivity contribution in [1.29, 1.82) is 0 Å². The Morgan fingerprint density at radius 3 is 2.40 bits per heavy atom. The molecule has 0 aliphatic carbocycles. The van der Waals surface area contributed by atoms with Gasteiger partial charge in [0.05, 0.1) is 6.61 Å². The maximum atomic E-state index is 10.6. The number of hydrogen-bond acceptors (Lipinski definition) is 6. The van der Waals surface area contributed by atoms with Crippen molar-refractivity contribution in [2.75, 3.05) is 6.61 Å². The second kappa shape index (κ2) is 6.19. The Kier molecular flexibility index (Phi) is 4.77. The van der Waals surface area contributed by atoms with Gasteiger partial charge in [-0.05, 0) is 12.1 Å². The van der Waals surface area contributed by atoms with Crippen molar-refractivity contribution >= 4 is 7.82 Å². The predicted octanol–water partition coefficient (Wildman–Crippen LogP) is -0.379. The summed E-state index contributed by atoms with van der Waals surface area (Å²) < 4.78 is 25.4. The number of ether oxygens (including phenoxy) is 2. The van der Waals surface area contributed by atoms with Crippen LogP contribution in [-0.2, 0) is 13.8 Å². The number of aliphatic hydroxyl groups excluding tert-OH is 2. The second-order valence-electron chi connectivity index (χ2n) is 4.24. The van der Waals surface area contributed by atoms with E-state index < -0.39 is 39.0 Å². The number of para-hydroxylation sites is 1. The van der Waals surface area contributed by atoms with Crippen LogP contribution in [0.15, 0.2) is 30.3 Å². The summed E-state index contributed by atoms with van der Waals surface area (Å²) in [5.41, 5.74) is 0. The normalized spacial score (nSPS) is 30.4. The zero-order valence-electron chi connectivity index (χ0n) is 10.3. The van der Waals surface area contributed by atoms with Crippen LogP contribution in [0, 0.1) is 0 Å². The SMILES string of the molecule is O=P(O)(O)OC[C@H]1O[C@H](Oc2ccccc2)[C@H](O)[C@@H]1O. The van der Waals surface area contributed by atoms with E-state index >= 15 is 0 Å². The molecule has 1 aliphatic rings. The van der Waals surface area contributed by atoms with Crippen molar-refractivity contribution in [3.63, 3.8) is 0 Å². The molecule has 4 atom stereocenters. The molecule has 1 heterocycles. The Morgan fingerprint density at radius 1 is 1.15 bits per heavy atom. The predicted molar refractivity (Wildman–Crippen MR) is 65.7 cm³/mol. The number of phosphoric ester groups is 1. The number of aliphatic hydroxyl groups is 2. The molecule has 20 heavy (non-hydrogen) atoms. The van der Waals surface area contributed by atoms with Crippen molar-refractivity contribution in [3.8, 4) is 5.75 Å². The molecule has 112 valence electrons. The molecular formula is C11H15O8P. The van der Waals surface area contributed by atoms with Crippen LogP contribution in [0.1, 0.15) is 0 Å². The highest BCUT2D eigenvalue weighted by molar-refractivity contribution is 7.46. The minimum atomic E-state index is -4.66. The largest absolute Gasteiger partial charge is 0.469 e. The molecule has 1 fully saturated rings. The number of rotatable bonds is 5. The van der Waals surface area contributed by atoms with Crippen molar-refractivity contribution in [2.45, 2.75) is 24.6 Å². The number of hydrogen-bond donors (Lipinski definition) is 4. The number of benzene rings is 1. The first kappa shape index (κ1) is 15.4. The molecule has 0 unspecified atom stereocenters. The van der Waals surface area contributed by atoms with Gasteiger partial charge in [0.15, 0.2) is 0 Å². The monoisotopic (exact) mass is 306 g/mol. The summed E-state index contributed by atoms with van der Waals surface area (Å²) in [4.78, 5) is 17.2. The van der Waals surface area contributed by atoms with Gasteiger partial charge in [0.2, 0.25) is 6.29 Å². The first-order chi connectivity index (χ1) is 9.37. The van der Waals surface area contributed by atoms with E-state index in [0.717, 1.165) is 0 Å². The fourth-order valence-electron chi connectivity index (χ4n) is 1.75. The molecule has 1 aromatic rings. The molecular weight excluding hydrogens is 291 g/mol. The Bertz CT molecular complexity index is 475. The lowest BCUT2D eigenvalue weighted by Crippen LogP contribution is -2.35. The van der Waals surface area contributed by atoms with E-state index in [2.05, 4.69) is 4.52 Å². The lowest BCUT2D eigenvalue weighted by Gasteiger charge is -2.16. The Balaban J connectivity index is 1.94. The summed E-state index contributed by atoms with van der Waals surface area (Å²) in [6, 6.07) is 8.51. The maximum absolute atomic E-state index is 10.6. The number of phosphoric acid groups is 1. The highest BCUT2D eigenvalue weighted by atomic mass is 31.2. The smallest absolute Gasteiger partial charge is 0.462 e. The second-order valence-corrected chi connectivity index (χ2v) is 5.48. The molecule has 9 heteroatoms. The summed E-state index contributed by atoms with van der Waals surface area (Å²) >= 11 is 0. The van der Waals surface area contributed by atoms with Gasteiger partial charge in [-0.25, -0.2) is 4.57 Å². The highest BCUT2D eigenvalue weighted by Gasteiger charge is 2.45. The van der Waals surface area contributed by atoms with Crippen LogP contribution in [0.4, 0.5) is 0 Å². The van der Waals surface area contributed by atoms with E-state index in [0.29, 0.717) is 5.75 Å². The molecule has 1 aliphatic heterocycles. The van der Waals surface area contributed by atoms with Crippen LogP contribution in [0.3, 0.4) is 0 Å². The fraction of sp³-hybridized carbons (Fsp3) is 0.455. The molecule has 0 radical (unpaired) electrons. The summed E-state index contributed by atoms with van der Waals surface area (Å²) in [6.45, 7) is -0.558. The molecule has 4 N–H and O–H groups in total. The highest BCUT2D eigenvalue weighted by Crippen LogP contribution is 2.37. The van der Waals surface area contributed by atoms with E-state index in [1.165, 1.54) is 0 Å². The lowest BCUT2D eigenvalue weighted by atomic mass is 10.1. The molecule has 0 saturated carbocycles. The summed E-state index contributed by atoms with van der Waals surface area (Å²) in [7, 11) is -4.66. The van der Waals surface area contributed by atoms with Crippen molar-refractivity contribution in [1.82, 2.24) is 0 Å². The van der Waals surface area contributed by atoms with Crippen molar-refractivity contribution in [2.24, 2.45) is 0 Å². The fourth-order valence-corrected chi connectivity index (χ4v) is 2.09. The molecule has 0 amide bonds. The van der Waals surface area contributed by atoms with E-state index in [1.54, 1.807) is 30.3 Å². The average molecular weight is 306 g/mol. The quantitative estimate of drug-likeness (QED) is 0.542. The average Bonchev–Trinajstić information content (AvgIpc) is 2.65. The van der Waals surface area contributed by atoms with Crippen molar-refractivity contribution in [3.05, 3.63) is 30.3 Å². The minimum Gasteiger partial charge on any atom is -0.462 e. The molecule has 1 aromatic carbocycles. The van der Waals surface area contributed by atoms with Crippen LogP contribution in [0.2, 0.25) is 0 Å². The third-order valence-electron chi connectivity index (χ3n) is 2.72. The molecule has 2 rings (SSSR count). The zero-order valence-corrected chi connectivity index (χ0v) is 11.2. The molecule has 1 saturated heterocycles. The minimum absolute atomic E-state index is 0.431. The summed E-state index contributed by atoms with van der Waals surface area (Å²) in [5, 5.41) is 19.5. The Morgan fingerprint density at radius 2 is 1.80 bits per heavy atom. The van der Waals surface area contributed by atoms with Crippen LogP contribution in [-0.4, -0.2) is 51.2 Å². The Hall–Kier alpha value is -0.990. The summed E-state index contributed by atoms with van der Waals surface area (Å²) in [5.74, 6) is 0.431. The summed E-state index contributed by atoms with van der Waals surface area (Å²) in [6.07, 6.45) is -4.94. The molecule has 8 nitrogen and oxygen atoms in total. The van der Waals surface area contributed by atoms with Gasteiger partial charge in [0, 0.05) is 0 Å². The van der Waals surface area contributed by atoms with Gasteiger partial charge < -0.3 is 29.5 Å². The van der Waals surface area contributed by atoms with Gasteiger partial charge in [0.1, 0.15) is 24.1 Å².